The van der Waals surface area contributed by atoms with Gasteiger partial charge in [0.25, 0.3) is 0 Å². The van der Waals surface area contributed by atoms with Crippen molar-refractivity contribution in [1.82, 2.24) is 0 Å². The van der Waals surface area contributed by atoms with Crippen molar-refractivity contribution in [2.24, 2.45) is 0 Å². The van der Waals surface area contributed by atoms with Crippen LogP contribution in [0.5, 0.6) is 0 Å². The third-order valence-electron chi connectivity index (χ3n) is 2.05. The average molecular weight is 262 g/mol. The molecule has 1 aliphatic heterocycles. The maximum Gasteiger partial charge on any atom is 0.472 e. The van der Waals surface area contributed by atoms with Crippen molar-refractivity contribution >= 4 is 7.82 Å². The van der Waals surface area contributed by atoms with Gasteiger partial charge in [-0.05, 0) is 0 Å². The van der Waals surface area contributed by atoms with Gasteiger partial charge in [-0.15, -0.1) is 0 Å². The van der Waals surface area contributed by atoms with Crippen molar-refractivity contribution in [3.8, 4) is 0 Å². The fourth-order valence-electron chi connectivity index (χ4n) is 1.27. The van der Waals surface area contributed by atoms with E-state index in [0.717, 1.165) is 0 Å². The van der Waals surface area contributed by atoms with Crippen LogP contribution in [0.3, 0.4) is 0 Å². The van der Waals surface area contributed by atoms with Gasteiger partial charge in [0.15, 0.2) is 6.17 Å². The molecule has 1 heterocycles. The number of hydrogen-bond acceptors (Lipinski definition) is 6. The van der Waals surface area contributed by atoms with Crippen LogP contribution in [0, 0.1) is 0 Å². The third-order valence-corrected chi connectivity index (χ3v) is 2.53. The van der Waals surface area contributed by atoms with E-state index in [2.05, 4.69) is 9.26 Å². The summed E-state index contributed by atoms with van der Waals surface area (Å²) in [5.41, 5.74) is 0. The number of hydrogen-bond donors (Lipinski definition) is 5. The summed E-state index contributed by atoms with van der Waals surface area (Å²) in [5, 5.41) is 27.1. The van der Waals surface area contributed by atoms with E-state index >= 15 is 0 Å². The first-order valence-corrected chi connectivity index (χ1v) is 5.79. The maximum atomic E-state index is 13.2. The van der Waals surface area contributed by atoms with E-state index < -0.39 is 45.2 Å². The second-order valence-electron chi connectivity index (χ2n) is 3.25. The summed E-state index contributed by atoms with van der Waals surface area (Å²) in [5.74, 6) is 0. The summed E-state index contributed by atoms with van der Waals surface area (Å²) in [6, 6.07) is 0. The molecule has 10 heteroatoms. The molecule has 0 aromatic rings. The molecule has 8 nitrogen and oxygen atoms in total. The molecule has 0 aliphatic carbocycles. The summed E-state index contributed by atoms with van der Waals surface area (Å²) in [6.45, 7) is -0.758. The third kappa shape index (κ3) is 3.19. The van der Waals surface area contributed by atoms with E-state index in [0.29, 0.717) is 0 Å². The van der Waals surface area contributed by atoms with Crippen molar-refractivity contribution in [2.75, 3.05) is 6.61 Å². The summed E-state index contributed by atoms with van der Waals surface area (Å²) in [7, 11) is -4.99. The van der Waals surface area contributed by atoms with Crippen LogP contribution >= 0.6 is 7.82 Å². The summed E-state index contributed by atoms with van der Waals surface area (Å²) >= 11 is 0. The molecule has 1 aliphatic rings. The SMILES string of the molecule is O=P(O)(O)O[C@@H]1O[C@H](CO)[C@@H](O)[C@H](O)[C@H]1F. The van der Waals surface area contributed by atoms with E-state index in [-0.39, 0.29) is 0 Å². The number of aliphatic hydroxyl groups is 3. The van der Waals surface area contributed by atoms with Gasteiger partial charge in [-0.1, -0.05) is 0 Å². The molecule has 1 saturated heterocycles. The Hall–Kier alpha value is -0.120. The van der Waals surface area contributed by atoms with Crippen LogP contribution in [0.25, 0.3) is 0 Å². The molecule has 0 aromatic carbocycles. The smallest absolute Gasteiger partial charge is 0.394 e. The molecule has 5 atom stereocenters. The van der Waals surface area contributed by atoms with E-state index in [4.69, 9.17) is 20.0 Å². The van der Waals surface area contributed by atoms with Crippen LogP contribution in [0.15, 0.2) is 0 Å². The minimum atomic E-state index is -4.99. The van der Waals surface area contributed by atoms with Crippen molar-refractivity contribution in [3.05, 3.63) is 0 Å². The number of rotatable bonds is 3. The Labute approximate surface area is 89.5 Å². The van der Waals surface area contributed by atoms with Crippen LogP contribution in [0.2, 0.25) is 0 Å². The Bertz CT molecular complexity index is 280. The number of phosphoric ester groups is 1. The van der Waals surface area contributed by atoms with Crippen LogP contribution in [-0.4, -0.2) is 62.5 Å². The monoisotopic (exact) mass is 262 g/mol. The van der Waals surface area contributed by atoms with Gasteiger partial charge in [0.05, 0.1) is 6.61 Å². The number of halogens is 1. The topological polar surface area (TPSA) is 137 Å². The largest absolute Gasteiger partial charge is 0.472 e. The minimum absolute atomic E-state index is 0.758. The Kier molecular flexibility index (Phi) is 4.38. The van der Waals surface area contributed by atoms with Crippen LogP contribution in [-0.2, 0) is 13.8 Å². The van der Waals surface area contributed by atoms with Crippen LogP contribution < -0.4 is 0 Å². The zero-order chi connectivity index (χ0) is 12.5. The van der Waals surface area contributed by atoms with Gasteiger partial charge in [-0.3, -0.25) is 4.52 Å². The van der Waals surface area contributed by atoms with Crippen LogP contribution in [0.4, 0.5) is 4.39 Å². The first-order chi connectivity index (χ1) is 7.26. The highest BCUT2D eigenvalue weighted by Crippen LogP contribution is 2.41. The van der Waals surface area contributed by atoms with Gasteiger partial charge in [-0.2, -0.15) is 0 Å². The van der Waals surface area contributed by atoms with Crippen molar-refractivity contribution in [3.63, 3.8) is 0 Å². The number of alkyl halides is 1. The van der Waals surface area contributed by atoms with E-state index in [1.54, 1.807) is 0 Å². The highest BCUT2D eigenvalue weighted by Gasteiger charge is 2.47. The molecule has 1 fully saturated rings. The summed E-state index contributed by atoms with van der Waals surface area (Å²) < 4.78 is 32.2. The quantitative estimate of drug-likeness (QED) is 0.364. The van der Waals surface area contributed by atoms with E-state index in [1.807, 2.05) is 0 Å². The first-order valence-electron chi connectivity index (χ1n) is 4.26. The molecule has 0 saturated carbocycles. The normalized spacial score (nSPS) is 41.0. The molecule has 5 N–H and O–H groups in total. The molecule has 0 bridgehead atoms. The van der Waals surface area contributed by atoms with Crippen molar-refractivity contribution in [1.29, 1.82) is 0 Å². The standard InChI is InChI=1S/C6H12FO8P/c7-3-5(10)4(9)2(1-8)14-6(3)15-16(11,12)13/h2-6,8-10H,1H2,(H2,11,12,13)/t2-,3-,4-,5-,6+/m1/s1. The molecule has 0 unspecified atom stereocenters. The fraction of sp³-hybridized carbons (Fsp3) is 1.00. The van der Waals surface area contributed by atoms with Gasteiger partial charge in [0, 0.05) is 0 Å². The maximum absolute atomic E-state index is 13.2. The molecular formula is C6H12FO8P. The number of phosphoric acid groups is 1. The Morgan fingerprint density at radius 1 is 1.31 bits per heavy atom. The zero-order valence-electron chi connectivity index (χ0n) is 7.88. The molecule has 1 rings (SSSR count). The van der Waals surface area contributed by atoms with Crippen LogP contribution in [0.1, 0.15) is 0 Å². The van der Waals surface area contributed by atoms with Gasteiger partial charge in [0.1, 0.15) is 18.3 Å². The first kappa shape index (κ1) is 13.9. The highest BCUT2D eigenvalue weighted by atomic mass is 31.2. The second kappa shape index (κ2) is 5.03. The van der Waals surface area contributed by atoms with Crippen molar-refractivity contribution in [2.45, 2.75) is 30.8 Å². The summed E-state index contributed by atoms with van der Waals surface area (Å²) in [4.78, 5) is 16.9. The van der Waals surface area contributed by atoms with Gasteiger partial charge < -0.3 is 29.8 Å². The Morgan fingerprint density at radius 2 is 1.88 bits per heavy atom. The lowest BCUT2D eigenvalue weighted by atomic mass is 10.0. The van der Waals surface area contributed by atoms with E-state index in [1.165, 1.54) is 0 Å². The van der Waals surface area contributed by atoms with Gasteiger partial charge in [0.2, 0.25) is 6.29 Å². The average Bonchev–Trinajstić information content (AvgIpc) is 2.17. The molecule has 96 valence electrons. The Morgan fingerprint density at radius 3 is 2.31 bits per heavy atom. The number of ether oxygens (including phenoxy) is 1. The fourth-order valence-corrected chi connectivity index (χ4v) is 1.70. The zero-order valence-corrected chi connectivity index (χ0v) is 8.77. The molecule has 0 spiro atoms. The number of aliphatic hydroxyl groups excluding tert-OH is 3. The van der Waals surface area contributed by atoms with E-state index in [9.17, 15) is 14.1 Å². The predicted octanol–water partition coefficient (Wildman–Crippen LogP) is -2.13. The molecule has 0 aromatic heterocycles. The Balaban J connectivity index is 2.75. The van der Waals surface area contributed by atoms with Crippen molar-refractivity contribution < 1.29 is 43.3 Å². The minimum Gasteiger partial charge on any atom is -0.394 e. The lowest BCUT2D eigenvalue weighted by Gasteiger charge is -2.38. The molecular weight excluding hydrogens is 250 g/mol. The molecule has 16 heavy (non-hydrogen) atoms. The highest BCUT2D eigenvalue weighted by molar-refractivity contribution is 7.46. The lowest BCUT2D eigenvalue weighted by Crippen LogP contribution is -2.57. The second-order valence-corrected chi connectivity index (χ2v) is 4.44. The molecule has 0 amide bonds. The van der Waals surface area contributed by atoms with Gasteiger partial charge >= 0.3 is 7.82 Å². The summed E-state index contributed by atoms with van der Waals surface area (Å²) in [6.07, 6.45) is -9.40. The molecule has 0 radical (unpaired) electrons. The predicted molar refractivity (Wildman–Crippen MR) is 45.8 cm³/mol. The van der Waals surface area contributed by atoms with Gasteiger partial charge in [-0.25, -0.2) is 8.96 Å². The lowest BCUT2D eigenvalue weighted by molar-refractivity contribution is -0.265.